The summed E-state index contributed by atoms with van der Waals surface area (Å²) >= 11 is 0. The van der Waals surface area contributed by atoms with E-state index >= 15 is 0 Å². The molecule has 0 radical (unpaired) electrons. The number of methoxy groups -OCH3 is 1. The van der Waals surface area contributed by atoms with Crippen molar-refractivity contribution in [3.05, 3.63) is 30.3 Å². The summed E-state index contributed by atoms with van der Waals surface area (Å²) in [5, 5.41) is 9.71. The minimum Gasteiger partial charge on any atom is -0.389 e. The molecule has 0 saturated heterocycles. The number of para-hydroxylation sites is 1. The number of aliphatic hydroxyl groups is 1. The third kappa shape index (κ3) is 5.83. The normalized spacial score (nSPS) is 12.7. The number of rotatable bonds is 8. The summed E-state index contributed by atoms with van der Waals surface area (Å²) in [4.78, 5) is 16.1. The third-order valence-electron chi connectivity index (χ3n) is 3.11. The molecular formula is C16H26N2O3. The molecule has 1 N–H and O–H groups in total. The van der Waals surface area contributed by atoms with Gasteiger partial charge in [-0.15, -0.1) is 0 Å². The Bertz CT molecular complexity index is 423. The Labute approximate surface area is 127 Å². The zero-order valence-corrected chi connectivity index (χ0v) is 13.3. The maximum absolute atomic E-state index is 12.5. The first-order chi connectivity index (χ1) is 9.95. The molecule has 118 valence electrons. The summed E-state index contributed by atoms with van der Waals surface area (Å²) in [6.07, 6.45) is -0.586. The summed E-state index contributed by atoms with van der Waals surface area (Å²) in [6.45, 7) is 4.91. The number of aliphatic hydroxyl groups excluding tert-OH is 1. The van der Waals surface area contributed by atoms with Crippen LogP contribution in [-0.2, 0) is 9.53 Å². The van der Waals surface area contributed by atoms with Gasteiger partial charge in [0.15, 0.2) is 0 Å². The Morgan fingerprint density at radius 2 is 1.90 bits per heavy atom. The predicted molar refractivity (Wildman–Crippen MR) is 84.4 cm³/mol. The molecule has 21 heavy (non-hydrogen) atoms. The average Bonchev–Trinajstić information content (AvgIpc) is 2.39. The first-order valence-electron chi connectivity index (χ1n) is 7.18. The van der Waals surface area contributed by atoms with Crippen LogP contribution in [0.5, 0.6) is 0 Å². The lowest BCUT2D eigenvalue weighted by atomic mass is 10.2. The highest BCUT2D eigenvalue weighted by Crippen LogP contribution is 2.16. The molecule has 0 saturated carbocycles. The predicted octanol–water partition coefficient (Wildman–Crippen LogP) is 1.37. The molecule has 0 bridgehead atoms. The molecule has 1 rings (SSSR count). The van der Waals surface area contributed by atoms with Gasteiger partial charge in [0.1, 0.15) is 0 Å². The van der Waals surface area contributed by atoms with E-state index in [0.29, 0.717) is 6.54 Å². The van der Waals surface area contributed by atoms with Gasteiger partial charge in [-0.2, -0.15) is 0 Å². The molecule has 0 aliphatic carbocycles. The lowest BCUT2D eigenvalue weighted by molar-refractivity contribution is -0.120. The highest BCUT2D eigenvalue weighted by atomic mass is 16.5. The Hall–Kier alpha value is -1.43. The number of ether oxygens (including phenoxy) is 1. The Morgan fingerprint density at radius 3 is 2.43 bits per heavy atom. The number of carbonyl (C=O) groups is 1. The first kappa shape index (κ1) is 17.6. The number of amides is 1. The number of hydrogen-bond acceptors (Lipinski definition) is 4. The number of carbonyl (C=O) groups excluding carboxylic acids is 1. The number of nitrogens with zero attached hydrogens (tertiary/aromatic N) is 2. The molecule has 0 spiro atoms. The molecule has 0 aliphatic rings. The van der Waals surface area contributed by atoms with Gasteiger partial charge >= 0.3 is 0 Å². The highest BCUT2D eigenvalue weighted by Gasteiger charge is 2.21. The Balaban J connectivity index is 2.66. The van der Waals surface area contributed by atoms with Gasteiger partial charge in [-0.25, -0.2) is 0 Å². The van der Waals surface area contributed by atoms with Crippen LogP contribution < -0.4 is 4.90 Å². The molecular weight excluding hydrogens is 268 g/mol. The van der Waals surface area contributed by atoms with Crippen molar-refractivity contribution in [3.8, 4) is 0 Å². The summed E-state index contributed by atoms with van der Waals surface area (Å²) < 4.78 is 4.89. The van der Waals surface area contributed by atoms with Crippen molar-refractivity contribution in [3.63, 3.8) is 0 Å². The van der Waals surface area contributed by atoms with Gasteiger partial charge in [-0.3, -0.25) is 9.69 Å². The first-order valence-corrected chi connectivity index (χ1v) is 7.18. The van der Waals surface area contributed by atoms with Gasteiger partial charge in [0.2, 0.25) is 5.91 Å². The van der Waals surface area contributed by atoms with Crippen LogP contribution in [0.25, 0.3) is 0 Å². The van der Waals surface area contributed by atoms with Crippen molar-refractivity contribution in [1.29, 1.82) is 0 Å². The van der Waals surface area contributed by atoms with E-state index in [9.17, 15) is 9.90 Å². The summed E-state index contributed by atoms with van der Waals surface area (Å²) in [5.74, 6) is 0.0170. The van der Waals surface area contributed by atoms with Crippen molar-refractivity contribution in [2.45, 2.75) is 26.0 Å². The summed E-state index contributed by atoms with van der Waals surface area (Å²) in [6, 6.07) is 9.71. The fraction of sp³-hybridized carbons (Fsp3) is 0.562. The van der Waals surface area contributed by atoms with Crippen LogP contribution in [0.1, 0.15) is 13.8 Å². The van der Waals surface area contributed by atoms with Crippen LogP contribution in [-0.4, -0.2) is 61.9 Å². The molecule has 5 nitrogen and oxygen atoms in total. The van der Waals surface area contributed by atoms with E-state index in [2.05, 4.69) is 0 Å². The second-order valence-corrected chi connectivity index (χ2v) is 5.50. The second-order valence-electron chi connectivity index (χ2n) is 5.50. The topological polar surface area (TPSA) is 53.0 Å². The van der Waals surface area contributed by atoms with Gasteiger partial charge in [-0.05, 0) is 33.0 Å². The zero-order valence-electron chi connectivity index (χ0n) is 13.3. The van der Waals surface area contributed by atoms with Crippen LogP contribution in [0.3, 0.4) is 0 Å². The van der Waals surface area contributed by atoms with Gasteiger partial charge < -0.3 is 14.7 Å². The third-order valence-corrected chi connectivity index (χ3v) is 3.11. The van der Waals surface area contributed by atoms with Gasteiger partial charge in [0.05, 0.1) is 19.3 Å². The maximum atomic E-state index is 12.5. The Kier molecular flexibility index (Phi) is 7.36. The fourth-order valence-electron chi connectivity index (χ4n) is 2.30. The lowest BCUT2D eigenvalue weighted by Crippen LogP contribution is -2.44. The fourth-order valence-corrected chi connectivity index (χ4v) is 2.30. The minimum absolute atomic E-state index is 0.0170. The van der Waals surface area contributed by atoms with Crippen LogP contribution in [0.2, 0.25) is 0 Å². The molecule has 0 aromatic heterocycles. The number of benzene rings is 1. The zero-order chi connectivity index (χ0) is 15.8. The molecule has 1 unspecified atom stereocenters. The number of anilines is 1. The van der Waals surface area contributed by atoms with E-state index in [1.807, 2.05) is 56.1 Å². The average molecular weight is 294 g/mol. The van der Waals surface area contributed by atoms with E-state index < -0.39 is 6.10 Å². The highest BCUT2D eigenvalue weighted by molar-refractivity contribution is 5.95. The molecule has 0 aliphatic heterocycles. The standard InChI is InChI=1S/C16H26N2O3/c1-13(2)18(14-8-6-5-7-9-14)16(20)11-17(3)10-15(19)12-21-4/h5-9,13,15,19H,10-12H2,1-4H3. The summed E-state index contributed by atoms with van der Waals surface area (Å²) in [5.41, 5.74) is 0.892. The van der Waals surface area contributed by atoms with E-state index in [1.54, 1.807) is 12.0 Å². The smallest absolute Gasteiger partial charge is 0.241 e. The monoisotopic (exact) mass is 294 g/mol. The van der Waals surface area contributed by atoms with E-state index in [0.717, 1.165) is 5.69 Å². The van der Waals surface area contributed by atoms with Crippen molar-refractivity contribution >= 4 is 11.6 Å². The molecule has 1 aromatic carbocycles. The minimum atomic E-state index is -0.586. The maximum Gasteiger partial charge on any atom is 0.241 e. The van der Waals surface area contributed by atoms with Crippen molar-refractivity contribution in [2.75, 3.05) is 38.8 Å². The van der Waals surface area contributed by atoms with Crippen molar-refractivity contribution in [2.24, 2.45) is 0 Å². The number of likely N-dealkylation sites (N-methyl/N-ethyl adjacent to an activating group) is 1. The molecule has 1 atom stereocenters. The van der Waals surface area contributed by atoms with Gasteiger partial charge in [0, 0.05) is 25.4 Å². The second kappa shape index (κ2) is 8.77. The molecule has 0 fully saturated rings. The summed E-state index contributed by atoms with van der Waals surface area (Å²) in [7, 11) is 3.37. The van der Waals surface area contributed by atoms with Crippen molar-refractivity contribution < 1.29 is 14.6 Å². The lowest BCUT2D eigenvalue weighted by Gasteiger charge is -2.29. The van der Waals surface area contributed by atoms with Crippen molar-refractivity contribution in [1.82, 2.24) is 4.90 Å². The molecule has 1 amide bonds. The van der Waals surface area contributed by atoms with Gasteiger partial charge in [0.25, 0.3) is 0 Å². The largest absolute Gasteiger partial charge is 0.389 e. The van der Waals surface area contributed by atoms with E-state index in [-0.39, 0.29) is 25.1 Å². The number of hydrogen-bond donors (Lipinski definition) is 1. The van der Waals surface area contributed by atoms with Gasteiger partial charge in [-0.1, -0.05) is 18.2 Å². The van der Waals surface area contributed by atoms with Crippen LogP contribution in [0.4, 0.5) is 5.69 Å². The molecule has 5 heteroatoms. The molecule has 1 aromatic rings. The Morgan fingerprint density at radius 1 is 1.29 bits per heavy atom. The van der Waals surface area contributed by atoms with Crippen LogP contribution in [0, 0.1) is 0 Å². The van der Waals surface area contributed by atoms with E-state index in [4.69, 9.17) is 4.74 Å². The van der Waals surface area contributed by atoms with Crippen LogP contribution >= 0.6 is 0 Å². The quantitative estimate of drug-likeness (QED) is 0.787. The SMILES string of the molecule is COCC(O)CN(C)CC(=O)N(c1ccccc1)C(C)C. The van der Waals surface area contributed by atoms with E-state index in [1.165, 1.54) is 0 Å². The molecule has 0 heterocycles. The van der Waals surface area contributed by atoms with Crippen LogP contribution in [0.15, 0.2) is 30.3 Å².